The van der Waals surface area contributed by atoms with Crippen LogP contribution in [0.25, 0.3) is 0 Å². The van der Waals surface area contributed by atoms with E-state index in [9.17, 15) is 22.8 Å². The number of anilines is 2. The van der Waals surface area contributed by atoms with Crippen LogP contribution in [0.1, 0.15) is 34.3 Å². The van der Waals surface area contributed by atoms with Gasteiger partial charge in [-0.3, -0.25) is 9.59 Å². The lowest BCUT2D eigenvalue weighted by Crippen LogP contribution is -2.13. The zero-order valence-electron chi connectivity index (χ0n) is 12.6. The molecule has 0 fully saturated rings. The van der Waals surface area contributed by atoms with Gasteiger partial charge in [0.1, 0.15) is 0 Å². The molecule has 0 aromatic heterocycles. The van der Waals surface area contributed by atoms with Gasteiger partial charge in [0, 0.05) is 16.9 Å². The molecule has 1 aliphatic rings. The number of carbonyl (C=O) groups is 2. The Balaban J connectivity index is 1.77. The highest BCUT2D eigenvalue weighted by Gasteiger charge is 2.30. The summed E-state index contributed by atoms with van der Waals surface area (Å²) in [6, 6.07) is 8.96. The fourth-order valence-corrected chi connectivity index (χ4v) is 2.51. The first-order chi connectivity index (χ1) is 11.3. The Morgan fingerprint density at radius 2 is 1.79 bits per heavy atom. The van der Waals surface area contributed by atoms with E-state index in [1.54, 1.807) is 25.1 Å². The molecule has 0 spiro atoms. The minimum atomic E-state index is -4.44. The van der Waals surface area contributed by atoms with E-state index in [4.69, 9.17) is 0 Å². The topological polar surface area (TPSA) is 58.2 Å². The van der Waals surface area contributed by atoms with Crippen LogP contribution in [-0.4, -0.2) is 11.8 Å². The summed E-state index contributed by atoms with van der Waals surface area (Å²) >= 11 is 0. The van der Waals surface area contributed by atoms with Crippen molar-refractivity contribution in [3.05, 3.63) is 59.2 Å². The molecule has 3 rings (SSSR count). The quantitative estimate of drug-likeness (QED) is 0.872. The maximum absolute atomic E-state index is 12.5. The maximum atomic E-state index is 12.5. The number of carbonyl (C=O) groups excluding carboxylic acids is 2. The van der Waals surface area contributed by atoms with E-state index in [0.717, 1.165) is 29.8 Å². The normalized spacial score (nSPS) is 16.5. The summed E-state index contributed by atoms with van der Waals surface area (Å²) in [5.41, 5.74) is 1.24. The average Bonchev–Trinajstić information content (AvgIpc) is 2.81. The summed E-state index contributed by atoms with van der Waals surface area (Å²) in [6.07, 6.45) is -4.44. The third-order valence-corrected chi connectivity index (χ3v) is 3.90. The van der Waals surface area contributed by atoms with Gasteiger partial charge >= 0.3 is 6.18 Å². The molecule has 0 bridgehead atoms. The van der Waals surface area contributed by atoms with Crippen LogP contribution in [0.3, 0.4) is 0 Å². The molecule has 0 saturated heterocycles. The molecule has 2 aromatic rings. The number of amides is 2. The van der Waals surface area contributed by atoms with Gasteiger partial charge in [0.05, 0.1) is 11.5 Å². The molecular weight excluding hydrogens is 321 g/mol. The minimum Gasteiger partial charge on any atom is -0.325 e. The summed E-state index contributed by atoms with van der Waals surface area (Å²) in [5, 5.41) is 5.34. The number of rotatable bonds is 2. The van der Waals surface area contributed by atoms with Crippen LogP contribution in [-0.2, 0) is 11.0 Å². The van der Waals surface area contributed by atoms with Crippen molar-refractivity contribution in [2.45, 2.75) is 19.0 Å². The molecule has 0 saturated carbocycles. The molecule has 1 aliphatic heterocycles. The van der Waals surface area contributed by atoms with Crippen LogP contribution in [0.15, 0.2) is 42.5 Å². The highest BCUT2D eigenvalue weighted by molar-refractivity contribution is 6.06. The Labute approximate surface area is 135 Å². The van der Waals surface area contributed by atoms with Crippen molar-refractivity contribution in [2.24, 2.45) is 0 Å². The van der Waals surface area contributed by atoms with Crippen LogP contribution >= 0.6 is 0 Å². The lowest BCUT2D eigenvalue weighted by molar-refractivity contribution is -0.137. The summed E-state index contributed by atoms with van der Waals surface area (Å²) < 4.78 is 37.6. The minimum absolute atomic E-state index is 0.115. The molecule has 1 atom stereocenters. The Morgan fingerprint density at radius 1 is 1.12 bits per heavy atom. The van der Waals surface area contributed by atoms with Crippen molar-refractivity contribution < 1.29 is 22.8 Å². The van der Waals surface area contributed by atoms with Gasteiger partial charge in [-0.05, 0) is 55.0 Å². The van der Waals surface area contributed by atoms with Gasteiger partial charge in [0.15, 0.2) is 0 Å². The molecule has 2 N–H and O–H groups in total. The summed E-state index contributed by atoms with van der Waals surface area (Å²) in [6.45, 7) is 1.75. The number of benzene rings is 2. The van der Waals surface area contributed by atoms with Gasteiger partial charge in [-0.15, -0.1) is 0 Å². The molecule has 0 radical (unpaired) electrons. The maximum Gasteiger partial charge on any atom is 0.416 e. The number of nitrogens with one attached hydrogen (secondary N) is 2. The largest absolute Gasteiger partial charge is 0.416 e. The van der Waals surface area contributed by atoms with Crippen LogP contribution in [0.5, 0.6) is 0 Å². The smallest absolute Gasteiger partial charge is 0.325 e. The van der Waals surface area contributed by atoms with E-state index in [1.807, 2.05) is 0 Å². The van der Waals surface area contributed by atoms with Gasteiger partial charge in [0.25, 0.3) is 5.91 Å². The van der Waals surface area contributed by atoms with Gasteiger partial charge in [-0.25, -0.2) is 0 Å². The SMILES string of the molecule is CC1C(=O)Nc2ccc(NC(=O)c3ccc(C(F)(F)F)cc3)cc21. The van der Waals surface area contributed by atoms with Crippen LogP contribution in [0, 0.1) is 0 Å². The Morgan fingerprint density at radius 3 is 2.42 bits per heavy atom. The first kappa shape index (κ1) is 16.0. The van der Waals surface area contributed by atoms with Crippen molar-refractivity contribution in [2.75, 3.05) is 10.6 Å². The number of fused-ring (bicyclic) bond motifs is 1. The standard InChI is InChI=1S/C17H13F3N2O2/c1-9-13-8-12(6-7-14(13)22-15(9)23)21-16(24)10-2-4-11(5-3-10)17(18,19)20/h2-9H,1H3,(H,21,24)(H,22,23). The van der Waals surface area contributed by atoms with E-state index >= 15 is 0 Å². The molecule has 4 nitrogen and oxygen atoms in total. The number of hydrogen-bond donors (Lipinski definition) is 2. The second-order valence-corrected chi connectivity index (χ2v) is 5.54. The summed E-state index contributed by atoms with van der Waals surface area (Å²) in [7, 11) is 0. The number of hydrogen-bond acceptors (Lipinski definition) is 2. The van der Waals surface area contributed by atoms with Crippen LogP contribution in [0.4, 0.5) is 24.5 Å². The second kappa shape index (κ2) is 5.67. The first-order valence-electron chi connectivity index (χ1n) is 7.19. The molecule has 0 aliphatic carbocycles. The lowest BCUT2D eigenvalue weighted by atomic mass is 10.0. The molecule has 24 heavy (non-hydrogen) atoms. The lowest BCUT2D eigenvalue weighted by Gasteiger charge is -2.10. The zero-order chi connectivity index (χ0) is 17.5. The summed E-state index contributed by atoms with van der Waals surface area (Å²) in [5.74, 6) is -0.951. The van der Waals surface area contributed by atoms with E-state index in [0.29, 0.717) is 11.4 Å². The monoisotopic (exact) mass is 334 g/mol. The van der Waals surface area contributed by atoms with Gasteiger partial charge in [0.2, 0.25) is 5.91 Å². The van der Waals surface area contributed by atoms with Crippen LogP contribution < -0.4 is 10.6 Å². The highest BCUT2D eigenvalue weighted by atomic mass is 19.4. The number of alkyl halides is 3. The van der Waals surface area contributed by atoms with E-state index < -0.39 is 17.6 Å². The predicted molar refractivity (Wildman–Crippen MR) is 82.9 cm³/mol. The molecule has 2 aromatic carbocycles. The second-order valence-electron chi connectivity index (χ2n) is 5.54. The third kappa shape index (κ3) is 2.97. The average molecular weight is 334 g/mol. The predicted octanol–water partition coefficient (Wildman–Crippen LogP) is 4.01. The fraction of sp³-hybridized carbons (Fsp3) is 0.176. The van der Waals surface area contributed by atoms with Crippen molar-refractivity contribution >= 4 is 23.2 Å². The molecule has 2 amide bonds. The molecule has 1 unspecified atom stereocenters. The van der Waals surface area contributed by atoms with Gasteiger partial charge in [-0.2, -0.15) is 13.2 Å². The zero-order valence-corrected chi connectivity index (χ0v) is 12.6. The van der Waals surface area contributed by atoms with Crippen LogP contribution in [0.2, 0.25) is 0 Å². The van der Waals surface area contributed by atoms with Crippen molar-refractivity contribution in [3.8, 4) is 0 Å². The fourth-order valence-electron chi connectivity index (χ4n) is 2.51. The van der Waals surface area contributed by atoms with Gasteiger partial charge < -0.3 is 10.6 Å². The first-order valence-corrected chi connectivity index (χ1v) is 7.19. The van der Waals surface area contributed by atoms with Gasteiger partial charge in [-0.1, -0.05) is 0 Å². The Kier molecular flexibility index (Phi) is 3.79. The Bertz CT molecular complexity index is 814. The molecule has 7 heteroatoms. The van der Waals surface area contributed by atoms with E-state index in [-0.39, 0.29) is 17.4 Å². The molecule has 124 valence electrons. The highest BCUT2D eigenvalue weighted by Crippen LogP contribution is 2.34. The van der Waals surface area contributed by atoms with Crippen molar-refractivity contribution in [1.82, 2.24) is 0 Å². The van der Waals surface area contributed by atoms with Crippen molar-refractivity contribution in [1.29, 1.82) is 0 Å². The van der Waals surface area contributed by atoms with Crippen molar-refractivity contribution in [3.63, 3.8) is 0 Å². The molecular formula is C17H13F3N2O2. The molecule has 1 heterocycles. The Hall–Kier alpha value is -2.83. The number of halogens is 3. The third-order valence-electron chi connectivity index (χ3n) is 3.90. The summed E-state index contributed by atoms with van der Waals surface area (Å²) in [4.78, 5) is 23.8. The van der Waals surface area contributed by atoms with E-state index in [2.05, 4.69) is 10.6 Å². The van der Waals surface area contributed by atoms with E-state index in [1.165, 1.54) is 0 Å².